The summed E-state index contributed by atoms with van der Waals surface area (Å²) < 4.78 is 75.9. The molecule has 0 amide bonds. The molecule has 0 radical (unpaired) electrons. The first-order valence-corrected chi connectivity index (χ1v) is 5.59. The van der Waals surface area contributed by atoms with Crippen LogP contribution in [-0.4, -0.2) is 5.78 Å². The van der Waals surface area contributed by atoms with Gasteiger partial charge in [-0.25, -0.2) is 0 Å². The van der Waals surface area contributed by atoms with Gasteiger partial charge in [0.25, 0.3) is 0 Å². The van der Waals surface area contributed by atoms with Gasteiger partial charge < -0.3 is 0 Å². The summed E-state index contributed by atoms with van der Waals surface area (Å²) in [5, 5.41) is 0. The fourth-order valence-electron chi connectivity index (χ4n) is 2.03. The summed E-state index contributed by atoms with van der Waals surface area (Å²) >= 11 is 0. The summed E-state index contributed by atoms with van der Waals surface area (Å²) in [6.45, 7) is 0. The molecule has 20 heavy (non-hydrogen) atoms. The Morgan fingerprint density at radius 2 is 1.40 bits per heavy atom. The van der Waals surface area contributed by atoms with Gasteiger partial charge in [0.1, 0.15) is 0 Å². The third kappa shape index (κ3) is 2.86. The molecular formula is C13H8F6O. The highest BCUT2D eigenvalue weighted by Crippen LogP contribution is 2.39. The molecular weight excluding hydrogens is 286 g/mol. The Labute approximate surface area is 109 Å². The van der Waals surface area contributed by atoms with Crippen LogP contribution in [0.3, 0.4) is 0 Å². The van der Waals surface area contributed by atoms with E-state index in [1.807, 2.05) is 0 Å². The second-order valence-corrected chi connectivity index (χ2v) is 4.43. The SMILES string of the molecule is O=C1C=CCC1c1cc(C(F)(F)F)cc(C(F)(F)F)c1. The molecule has 1 unspecified atom stereocenters. The highest BCUT2D eigenvalue weighted by molar-refractivity contribution is 5.97. The number of carbonyl (C=O) groups excluding carboxylic acids is 1. The van der Waals surface area contributed by atoms with E-state index in [1.54, 1.807) is 0 Å². The molecule has 0 spiro atoms. The highest BCUT2D eigenvalue weighted by Gasteiger charge is 2.38. The molecule has 0 bridgehead atoms. The van der Waals surface area contributed by atoms with E-state index in [9.17, 15) is 31.1 Å². The molecule has 7 heteroatoms. The molecule has 0 aromatic heterocycles. The Hall–Kier alpha value is -1.79. The molecule has 1 aromatic rings. The number of hydrogen-bond acceptors (Lipinski definition) is 1. The van der Waals surface area contributed by atoms with E-state index >= 15 is 0 Å². The van der Waals surface area contributed by atoms with E-state index in [1.165, 1.54) is 6.08 Å². The lowest BCUT2D eigenvalue weighted by Gasteiger charge is -2.16. The van der Waals surface area contributed by atoms with E-state index in [-0.39, 0.29) is 18.1 Å². The lowest BCUT2D eigenvalue weighted by Crippen LogP contribution is -2.14. The maximum Gasteiger partial charge on any atom is 0.416 e. The van der Waals surface area contributed by atoms with Crippen LogP contribution in [0.5, 0.6) is 0 Å². The Bertz CT molecular complexity index is 535. The first kappa shape index (κ1) is 14.6. The zero-order valence-corrected chi connectivity index (χ0v) is 9.85. The molecule has 0 heterocycles. The van der Waals surface area contributed by atoms with E-state index in [0.29, 0.717) is 12.1 Å². The van der Waals surface area contributed by atoms with Crippen molar-refractivity contribution in [3.8, 4) is 0 Å². The largest absolute Gasteiger partial charge is 0.416 e. The number of rotatable bonds is 1. The zero-order chi connectivity index (χ0) is 15.1. The van der Waals surface area contributed by atoms with Crippen LogP contribution in [0, 0.1) is 0 Å². The smallest absolute Gasteiger partial charge is 0.294 e. The predicted octanol–water partition coefficient (Wildman–Crippen LogP) is 4.34. The highest BCUT2D eigenvalue weighted by atomic mass is 19.4. The summed E-state index contributed by atoms with van der Waals surface area (Å²) in [7, 11) is 0. The van der Waals surface area contributed by atoms with Gasteiger partial charge in [-0.1, -0.05) is 6.08 Å². The van der Waals surface area contributed by atoms with E-state index in [4.69, 9.17) is 0 Å². The van der Waals surface area contributed by atoms with E-state index in [0.717, 1.165) is 6.08 Å². The number of ketones is 1. The predicted molar refractivity (Wildman–Crippen MR) is 58.0 cm³/mol. The molecule has 2 rings (SSSR count). The summed E-state index contributed by atoms with van der Waals surface area (Å²) in [5.74, 6) is -1.46. The van der Waals surface area contributed by atoms with Gasteiger partial charge in [0, 0.05) is 0 Å². The number of alkyl halides is 6. The first-order valence-electron chi connectivity index (χ1n) is 5.59. The normalized spacial score (nSPS) is 19.7. The van der Waals surface area contributed by atoms with Crippen molar-refractivity contribution < 1.29 is 31.1 Å². The topological polar surface area (TPSA) is 17.1 Å². The van der Waals surface area contributed by atoms with Crippen molar-refractivity contribution in [2.75, 3.05) is 0 Å². The Morgan fingerprint density at radius 1 is 0.900 bits per heavy atom. The van der Waals surface area contributed by atoms with Crippen molar-refractivity contribution in [2.24, 2.45) is 0 Å². The third-order valence-corrected chi connectivity index (χ3v) is 3.01. The Kier molecular flexibility index (Phi) is 3.39. The van der Waals surface area contributed by atoms with Gasteiger partial charge >= 0.3 is 12.4 Å². The van der Waals surface area contributed by atoms with Crippen LogP contribution in [-0.2, 0) is 17.1 Å². The Balaban J connectivity index is 2.55. The molecule has 0 fully saturated rings. The van der Waals surface area contributed by atoms with Crippen molar-refractivity contribution >= 4 is 5.78 Å². The van der Waals surface area contributed by atoms with Crippen molar-refractivity contribution in [2.45, 2.75) is 24.7 Å². The summed E-state index contributed by atoms with van der Waals surface area (Å²) in [5.41, 5.74) is -3.06. The molecule has 1 nitrogen and oxygen atoms in total. The van der Waals surface area contributed by atoms with Gasteiger partial charge in [-0.05, 0) is 36.3 Å². The van der Waals surface area contributed by atoms with Gasteiger partial charge in [0.15, 0.2) is 5.78 Å². The minimum atomic E-state index is -4.90. The van der Waals surface area contributed by atoms with Crippen LogP contribution in [0.15, 0.2) is 30.4 Å². The number of hydrogen-bond donors (Lipinski definition) is 0. The van der Waals surface area contributed by atoms with Crippen LogP contribution in [0.1, 0.15) is 29.0 Å². The van der Waals surface area contributed by atoms with Crippen molar-refractivity contribution in [1.82, 2.24) is 0 Å². The molecule has 0 saturated carbocycles. The molecule has 108 valence electrons. The van der Waals surface area contributed by atoms with Gasteiger partial charge in [-0.3, -0.25) is 4.79 Å². The third-order valence-electron chi connectivity index (χ3n) is 3.01. The monoisotopic (exact) mass is 294 g/mol. The lowest BCUT2D eigenvalue weighted by atomic mass is 9.92. The fourth-order valence-corrected chi connectivity index (χ4v) is 2.03. The fraction of sp³-hybridized carbons (Fsp3) is 0.308. The summed E-state index contributed by atoms with van der Waals surface area (Å²) in [4.78, 5) is 11.4. The molecule has 0 saturated heterocycles. The van der Waals surface area contributed by atoms with Gasteiger partial charge in [-0.2, -0.15) is 26.3 Å². The minimum Gasteiger partial charge on any atom is -0.294 e. The van der Waals surface area contributed by atoms with Gasteiger partial charge in [0.2, 0.25) is 0 Å². The summed E-state index contributed by atoms with van der Waals surface area (Å²) in [6.07, 6.45) is -7.09. The van der Waals surface area contributed by atoms with Crippen molar-refractivity contribution in [1.29, 1.82) is 0 Å². The summed E-state index contributed by atoms with van der Waals surface area (Å²) in [6, 6.07) is 1.26. The van der Waals surface area contributed by atoms with Crippen LogP contribution in [0.4, 0.5) is 26.3 Å². The maximum absolute atomic E-state index is 12.7. The second kappa shape index (κ2) is 4.64. The number of allylic oxidation sites excluding steroid dienone is 2. The Morgan fingerprint density at radius 3 is 1.75 bits per heavy atom. The van der Waals surface area contributed by atoms with Crippen LogP contribution in [0.25, 0.3) is 0 Å². The maximum atomic E-state index is 12.7. The minimum absolute atomic E-state index is 0.0519. The van der Waals surface area contributed by atoms with Crippen LogP contribution < -0.4 is 0 Å². The van der Waals surface area contributed by atoms with Crippen molar-refractivity contribution in [3.63, 3.8) is 0 Å². The zero-order valence-electron chi connectivity index (χ0n) is 9.85. The van der Waals surface area contributed by atoms with Gasteiger partial charge in [0.05, 0.1) is 17.0 Å². The molecule has 1 aromatic carbocycles. The average Bonchev–Trinajstić information content (AvgIpc) is 2.72. The molecule has 0 N–H and O–H groups in total. The number of halogens is 6. The van der Waals surface area contributed by atoms with Crippen LogP contribution >= 0.6 is 0 Å². The standard InChI is InChI=1S/C13H8F6O/c14-12(15,16)8-4-7(10-2-1-3-11(10)20)5-9(6-8)13(17,18)19/h1,3-6,10H,2H2. The van der Waals surface area contributed by atoms with E-state index in [2.05, 4.69) is 0 Å². The van der Waals surface area contributed by atoms with E-state index < -0.39 is 35.2 Å². The van der Waals surface area contributed by atoms with Crippen LogP contribution in [0.2, 0.25) is 0 Å². The molecule has 1 atom stereocenters. The van der Waals surface area contributed by atoms with Crippen molar-refractivity contribution in [3.05, 3.63) is 47.0 Å². The molecule has 1 aliphatic carbocycles. The molecule has 0 aliphatic heterocycles. The first-order chi connectivity index (χ1) is 9.09. The van der Waals surface area contributed by atoms with Gasteiger partial charge in [-0.15, -0.1) is 0 Å². The number of benzene rings is 1. The lowest BCUT2D eigenvalue weighted by molar-refractivity contribution is -0.143. The second-order valence-electron chi connectivity index (χ2n) is 4.43. The number of carbonyl (C=O) groups is 1. The average molecular weight is 294 g/mol. The quantitative estimate of drug-likeness (QED) is 0.704. The molecule has 1 aliphatic rings.